The zero-order chi connectivity index (χ0) is 19.2. The Bertz CT molecular complexity index is 592. The summed E-state index contributed by atoms with van der Waals surface area (Å²) in [7, 11) is 0. The molecule has 0 amide bonds. The quantitative estimate of drug-likeness (QED) is 0.357. The van der Waals surface area contributed by atoms with Crippen LogP contribution in [0, 0.1) is 0 Å². The molecule has 0 spiro atoms. The van der Waals surface area contributed by atoms with Crippen LogP contribution in [0.2, 0.25) is 0 Å². The molecular weight excluding hydrogens is 336 g/mol. The number of carbonyl (C=O) groups excluding carboxylic acids is 1. The number of rotatable bonds is 15. The molecule has 0 aliphatic carbocycles. The van der Waals surface area contributed by atoms with Crippen molar-refractivity contribution >= 4 is 5.91 Å². The van der Waals surface area contributed by atoms with Gasteiger partial charge in [-0.3, -0.25) is 9.36 Å². The van der Waals surface area contributed by atoms with Crippen LogP contribution >= 0.6 is 0 Å². The fraction of sp³-hybridized carbons (Fsp3) is 0.682. The molecule has 1 unspecified atom stereocenters. The van der Waals surface area contributed by atoms with Crippen LogP contribution in [0.1, 0.15) is 101 Å². The summed E-state index contributed by atoms with van der Waals surface area (Å²) in [5.41, 5.74) is 0. The van der Waals surface area contributed by atoms with Gasteiger partial charge < -0.3 is 4.57 Å². The zero-order valence-corrected chi connectivity index (χ0v) is 16.9. The topological polar surface area (TPSA) is 52.7 Å². The van der Waals surface area contributed by atoms with Gasteiger partial charge in [0.25, 0.3) is 5.91 Å². The molecule has 0 aliphatic rings. The second-order valence-corrected chi connectivity index (χ2v) is 7.51. The van der Waals surface area contributed by atoms with Crippen LogP contribution < -0.4 is 0 Å². The molecule has 0 radical (unpaired) electrons. The second-order valence-electron chi connectivity index (χ2n) is 7.51. The molecule has 0 saturated heterocycles. The summed E-state index contributed by atoms with van der Waals surface area (Å²) in [6.07, 6.45) is 27.1. The van der Waals surface area contributed by atoms with Gasteiger partial charge in [-0.25, -0.2) is 9.97 Å². The smallest absolute Gasteiger partial charge is 0.254 e. The molecule has 150 valence electrons. The fourth-order valence-corrected chi connectivity index (χ4v) is 3.59. The molecule has 5 heteroatoms. The highest BCUT2D eigenvalue weighted by Crippen LogP contribution is 2.19. The van der Waals surface area contributed by atoms with E-state index in [1.165, 1.54) is 70.6 Å². The van der Waals surface area contributed by atoms with Gasteiger partial charge in [0.2, 0.25) is 0 Å². The minimum atomic E-state index is -0.190. The predicted molar refractivity (Wildman–Crippen MR) is 110 cm³/mol. The van der Waals surface area contributed by atoms with E-state index < -0.39 is 0 Å². The van der Waals surface area contributed by atoms with Crippen LogP contribution in [0.4, 0.5) is 0 Å². The van der Waals surface area contributed by atoms with Gasteiger partial charge in [0, 0.05) is 24.8 Å². The van der Waals surface area contributed by atoms with Gasteiger partial charge in [-0.05, 0) is 6.42 Å². The molecular formula is C22H36N4O. The van der Waals surface area contributed by atoms with Crippen molar-refractivity contribution in [3.05, 3.63) is 37.4 Å². The summed E-state index contributed by atoms with van der Waals surface area (Å²) in [6.45, 7) is 2.27. The van der Waals surface area contributed by atoms with E-state index in [0.717, 1.165) is 12.8 Å². The van der Waals surface area contributed by atoms with E-state index in [1.807, 2.05) is 10.8 Å². The summed E-state index contributed by atoms with van der Waals surface area (Å²) in [5, 5.41) is 0. The highest BCUT2D eigenvalue weighted by atomic mass is 16.2. The van der Waals surface area contributed by atoms with Gasteiger partial charge in [-0.1, -0.05) is 84.0 Å². The van der Waals surface area contributed by atoms with Crippen molar-refractivity contribution in [3.63, 3.8) is 0 Å². The normalized spacial score (nSPS) is 12.3. The third-order valence-electron chi connectivity index (χ3n) is 5.26. The third kappa shape index (κ3) is 8.10. The molecule has 0 saturated carbocycles. The molecule has 2 rings (SSSR count). The van der Waals surface area contributed by atoms with Crippen LogP contribution in [-0.2, 0) is 0 Å². The van der Waals surface area contributed by atoms with Crippen molar-refractivity contribution < 1.29 is 4.79 Å². The summed E-state index contributed by atoms with van der Waals surface area (Å²) < 4.78 is 3.49. The third-order valence-corrected chi connectivity index (χ3v) is 5.26. The monoisotopic (exact) mass is 372 g/mol. The molecule has 5 nitrogen and oxygen atoms in total. The van der Waals surface area contributed by atoms with E-state index in [9.17, 15) is 4.79 Å². The molecule has 0 aliphatic heterocycles. The van der Waals surface area contributed by atoms with Gasteiger partial charge in [0.05, 0.1) is 6.33 Å². The Morgan fingerprint density at radius 2 is 1.33 bits per heavy atom. The molecule has 0 N–H and O–H groups in total. The van der Waals surface area contributed by atoms with Crippen LogP contribution in [0.25, 0.3) is 0 Å². The van der Waals surface area contributed by atoms with Crippen LogP contribution in [-0.4, -0.2) is 25.0 Å². The van der Waals surface area contributed by atoms with Gasteiger partial charge in [-0.2, -0.15) is 0 Å². The molecule has 0 fully saturated rings. The lowest BCUT2D eigenvalue weighted by molar-refractivity contribution is 0.0831. The van der Waals surface area contributed by atoms with Crippen molar-refractivity contribution in [3.8, 4) is 0 Å². The number of carbonyl (C=O) groups is 1. The number of hydrogen-bond acceptors (Lipinski definition) is 3. The average molecular weight is 373 g/mol. The molecule has 2 aromatic rings. The minimum absolute atomic E-state index is 0.0635. The standard InChI is InChI=1S/C22H36N4O/c1-2-3-4-5-6-7-8-9-10-11-12-13-14-21(25-17-15-23-19-25)22(27)26-18-16-24-20-26/h15-21H,2-14H2,1H3. The van der Waals surface area contributed by atoms with Gasteiger partial charge in [0.1, 0.15) is 12.4 Å². The Kier molecular flexibility index (Phi) is 10.5. The summed E-state index contributed by atoms with van der Waals surface area (Å²) in [5.74, 6) is 0.0635. The number of aromatic nitrogens is 4. The van der Waals surface area contributed by atoms with E-state index in [2.05, 4.69) is 16.9 Å². The van der Waals surface area contributed by atoms with Crippen molar-refractivity contribution in [1.82, 2.24) is 19.1 Å². The molecule has 2 heterocycles. The van der Waals surface area contributed by atoms with Crippen molar-refractivity contribution in [1.29, 1.82) is 0 Å². The van der Waals surface area contributed by atoms with E-state index in [4.69, 9.17) is 0 Å². The highest BCUT2D eigenvalue weighted by molar-refractivity contribution is 5.82. The number of unbranched alkanes of at least 4 members (excludes halogenated alkanes) is 11. The number of nitrogens with zero attached hydrogens (tertiary/aromatic N) is 4. The van der Waals surface area contributed by atoms with Crippen molar-refractivity contribution in [2.24, 2.45) is 0 Å². The SMILES string of the molecule is CCCCCCCCCCCCCCC(C(=O)n1ccnc1)n1ccnc1. The summed E-state index contributed by atoms with van der Waals surface area (Å²) >= 11 is 0. The molecule has 0 bridgehead atoms. The van der Waals surface area contributed by atoms with E-state index in [-0.39, 0.29) is 11.9 Å². The summed E-state index contributed by atoms with van der Waals surface area (Å²) in [4.78, 5) is 20.8. The first-order chi connectivity index (χ1) is 13.3. The Labute approximate surface area is 164 Å². The van der Waals surface area contributed by atoms with Crippen LogP contribution in [0.3, 0.4) is 0 Å². The summed E-state index contributed by atoms with van der Waals surface area (Å²) in [6, 6.07) is -0.190. The maximum atomic E-state index is 12.7. The number of hydrogen-bond donors (Lipinski definition) is 0. The Hall–Kier alpha value is -1.91. The van der Waals surface area contributed by atoms with E-state index in [0.29, 0.717) is 0 Å². The van der Waals surface area contributed by atoms with E-state index in [1.54, 1.807) is 35.8 Å². The van der Waals surface area contributed by atoms with E-state index >= 15 is 0 Å². The van der Waals surface area contributed by atoms with Gasteiger partial charge in [-0.15, -0.1) is 0 Å². The minimum Gasteiger partial charge on any atom is -0.325 e. The Morgan fingerprint density at radius 1 is 0.778 bits per heavy atom. The first-order valence-corrected chi connectivity index (χ1v) is 10.8. The van der Waals surface area contributed by atoms with Crippen molar-refractivity contribution in [2.75, 3.05) is 0 Å². The molecule has 1 atom stereocenters. The van der Waals surface area contributed by atoms with Gasteiger partial charge >= 0.3 is 0 Å². The maximum absolute atomic E-state index is 12.7. The highest BCUT2D eigenvalue weighted by Gasteiger charge is 2.20. The fourth-order valence-electron chi connectivity index (χ4n) is 3.59. The Balaban J connectivity index is 1.58. The van der Waals surface area contributed by atoms with Crippen molar-refractivity contribution in [2.45, 2.75) is 96.4 Å². The van der Waals surface area contributed by atoms with Gasteiger partial charge in [0.15, 0.2) is 0 Å². The Morgan fingerprint density at radius 3 is 1.85 bits per heavy atom. The molecule has 2 aromatic heterocycles. The number of imidazole rings is 2. The van der Waals surface area contributed by atoms with Crippen LogP contribution in [0.15, 0.2) is 37.4 Å². The average Bonchev–Trinajstić information content (AvgIpc) is 3.39. The first-order valence-electron chi connectivity index (χ1n) is 10.8. The predicted octanol–water partition coefficient (Wildman–Crippen LogP) is 6.05. The maximum Gasteiger partial charge on any atom is 0.254 e. The lowest BCUT2D eigenvalue weighted by Gasteiger charge is -2.17. The lowest BCUT2D eigenvalue weighted by atomic mass is 10.0. The zero-order valence-electron chi connectivity index (χ0n) is 16.9. The first kappa shape index (κ1) is 21.4. The second kappa shape index (κ2) is 13.3. The lowest BCUT2D eigenvalue weighted by Crippen LogP contribution is -2.23. The molecule has 27 heavy (non-hydrogen) atoms. The van der Waals surface area contributed by atoms with Crippen LogP contribution in [0.5, 0.6) is 0 Å². The molecule has 0 aromatic carbocycles. The largest absolute Gasteiger partial charge is 0.325 e.